The molecule has 4 nitrogen and oxygen atoms in total. The SMILES string of the molecule is N[C@]1(CC[C@H]2c3c(F)cccc3-c3cncn32)CC[C@H](O)CC1. The number of rotatable bonds is 3. The van der Waals surface area contributed by atoms with E-state index in [2.05, 4.69) is 9.55 Å². The fourth-order valence-corrected chi connectivity index (χ4v) is 4.13. The van der Waals surface area contributed by atoms with Gasteiger partial charge in [-0.3, -0.25) is 0 Å². The van der Waals surface area contributed by atoms with Crippen molar-refractivity contribution in [3.05, 3.63) is 42.1 Å². The first-order valence-corrected chi connectivity index (χ1v) is 8.35. The van der Waals surface area contributed by atoms with E-state index in [0.29, 0.717) is 0 Å². The van der Waals surface area contributed by atoms with E-state index in [0.717, 1.165) is 55.3 Å². The molecule has 2 heterocycles. The number of hydrogen-bond acceptors (Lipinski definition) is 3. The van der Waals surface area contributed by atoms with Crippen LogP contribution in [0.3, 0.4) is 0 Å². The lowest BCUT2D eigenvalue weighted by atomic mass is 9.77. The molecule has 1 aliphatic carbocycles. The van der Waals surface area contributed by atoms with Crippen molar-refractivity contribution >= 4 is 0 Å². The summed E-state index contributed by atoms with van der Waals surface area (Å²) in [6.45, 7) is 0. The molecule has 5 heteroatoms. The molecule has 122 valence electrons. The second-order valence-electron chi connectivity index (χ2n) is 7.04. The van der Waals surface area contributed by atoms with Crippen LogP contribution in [0, 0.1) is 5.82 Å². The van der Waals surface area contributed by atoms with Gasteiger partial charge in [-0.05, 0) is 44.6 Å². The van der Waals surface area contributed by atoms with Gasteiger partial charge < -0.3 is 15.4 Å². The van der Waals surface area contributed by atoms with Crippen molar-refractivity contribution in [1.29, 1.82) is 0 Å². The lowest BCUT2D eigenvalue weighted by Gasteiger charge is -2.36. The van der Waals surface area contributed by atoms with Gasteiger partial charge in [0.05, 0.1) is 30.4 Å². The normalized spacial score (nSPS) is 29.3. The van der Waals surface area contributed by atoms with Crippen molar-refractivity contribution in [3.63, 3.8) is 0 Å². The highest BCUT2D eigenvalue weighted by Crippen LogP contribution is 2.44. The zero-order valence-electron chi connectivity index (χ0n) is 13.1. The molecule has 2 aliphatic rings. The van der Waals surface area contributed by atoms with Gasteiger partial charge in [0.25, 0.3) is 0 Å². The van der Waals surface area contributed by atoms with Gasteiger partial charge in [0, 0.05) is 16.7 Å². The second-order valence-corrected chi connectivity index (χ2v) is 7.04. The summed E-state index contributed by atoms with van der Waals surface area (Å²) < 4.78 is 16.5. The van der Waals surface area contributed by atoms with Gasteiger partial charge in [-0.2, -0.15) is 0 Å². The van der Waals surface area contributed by atoms with Gasteiger partial charge in [-0.1, -0.05) is 12.1 Å². The molecular formula is C18H22FN3O. The zero-order chi connectivity index (χ0) is 16.0. The van der Waals surface area contributed by atoms with E-state index in [9.17, 15) is 9.50 Å². The number of aliphatic hydroxyl groups excluding tert-OH is 1. The number of benzene rings is 1. The van der Waals surface area contributed by atoms with Crippen LogP contribution < -0.4 is 5.73 Å². The van der Waals surface area contributed by atoms with Crippen LogP contribution in [-0.2, 0) is 0 Å². The highest BCUT2D eigenvalue weighted by molar-refractivity contribution is 5.69. The van der Waals surface area contributed by atoms with Crippen LogP contribution >= 0.6 is 0 Å². The van der Waals surface area contributed by atoms with Crippen LogP contribution in [0.15, 0.2) is 30.7 Å². The van der Waals surface area contributed by atoms with Crippen molar-refractivity contribution in [2.45, 2.75) is 56.2 Å². The first-order chi connectivity index (χ1) is 11.1. The molecule has 1 aromatic heterocycles. The van der Waals surface area contributed by atoms with Crippen LogP contribution in [0.25, 0.3) is 11.3 Å². The lowest BCUT2D eigenvalue weighted by molar-refractivity contribution is 0.0927. The summed E-state index contributed by atoms with van der Waals surface area (Å²) in [6, 6.07) is 5.21. The molecule has 0 unspecified atom stereocenters. The minimum atomic E-state index is -0.242. The van der Waals surface area contributed by atoms with Crippen LogP contribution in [0.5, 0.6) is 0 Å². The number of nitrogens with zero attached hydrogens (tertiary/aromatic N) is 2. The summed E-state index contributed by atoms with van der Waals surface area (Å²) in [5.41, 5.74) is 8.97. The standard InChI is InChI=1S/C18H22FN3O/c19-14-3-1-2-13-16-10-21-11-22(16)15(17(13)14)6-9-18(20)7-4-12(23)5-8-18/h1-3,10-12,15,23H,4-9,20H2/t12-,15-,18+/m0/s1. The number of aliphatic hydroxyl groups is 1. The highest BCUT2D eigenvalue weighted by Gasteiger charge is 2.35. The molecule has 1 atom stereocenters. The molecule has 1 aromatic carbocycles. The summed E-state index contributed by atoms with van der Waals surface area (Å²) >= 11 is 0. The predicted molar refractivity (Wildman–Crippen MR) is 86.4 cm³/mol. The number of aromatic nitrogens is 2. The number of hydrogen-bond donors (Lipinski definition) is 2. The molecule has 1 fully saturated rings. The van der Waals surface area contributed by atoms with E-state index >= 15 is 0 Å². The Hall–Kier alpha value is -1.72. The van der Waals surface area contributed by atoms with Gasteiger partial charge in [0.1, 0.15) is 5.82 Å². The maximum Gasteiger partial charge on any atom is 0.129 e. The number of nitrogens with two attached hydrogens (primary N) is 1. The molecule has 0 amide bonds. The Labute approximate surface area is 135 Å². The molecule has 4 rings (SSSR count). The summed E-state index contributed by atoms with van der Waals surface area (Å²) in [7, 11) is 0. The topological polar surface area (TPSA) is 64.1 Å². The maximum absolute atomic E-state index is 14.4. The fraction of sp³-hybridized carbons (Fsp3) is 0.500. The Morgan fingerprint density at radius 3 is 2.91 bits per heavy atom. The molecular weight excluding hydrogens is 293 g/mol. The lowest BCUT2D eigenvalue weighted by Crippen LogP contribution is -2.44. The van der Waals surface area contributed by atoms with Gasteiger partial charge in [0.15, 0.2) is 0 Å². The van der Waals surface area contributed by atoms with Crippen LogP contribution in [0.2, 0.25) is 0 Å². The Bertz CT molecular complexity index is 719. The third-order valence-electron chi connectivity index (χ3n) is 5.53. The van der Waals surface area contributed by atoms with Crippen molar-refractivity contribution < 1.29 is 9.50 Å². The third-order valence-corrected chi connectivity index (χ3v) is 5.53. The van der Waals surface area contributed by atoms with Gasteiger partial charge in [-0.15, -0.1) is 0 Å². The number of halogens is 1. The minimum Gasteiger partial charge on any atom is -0.393 e. The van der Waals surface area contributed by atoms with Crippen molar-refractivity contribution in [2.24, 2.45) is 5.73 Å². The van der Waals surface area contributed by atoms with Crippen LogP contribution in [0.4, 0.5) is 4.39 Å². The monoisotopic (exact) mass is 315 g/mol. The maximum atomic E-state index is 14.4. The predicted octanol–water partition coefficient (Wildman–Crippen LogP) is 3.00. The Morgan fingerprint density at radius 2 is 2.13 bits per heavy atom. The third kappa shape index (κ3) is 2.48. The molecule has 0 bridgehead atoms. The second kappa shape index (κ2) is 5.42. The quantitative estimate of drug-likeness (QED) is 0.915. The molecule has 0 spiro atoms. The number of imidazole rings is 1. The average Bonchev–Trinajstić information content (AvgIpc) is 3.11. The van der Waals surface area contributed by atoms with E-state index < -0.39 is 0 Å². The first kappa shape index (κ1) is 14.8. The minimum absolute atomic E-state index is 0.0315. The van der Waals surface area contributed by atoms with E-state index in [-0.39, 0.29) is 23.5 Å². The summed E-state index contributed by atoms with van der Waals surface area (Å²) in [4.78, 5) is 4.22. The smallest absolute Gasteiger partial charge is 0.129 e. The van der Waals surface area contributed by atoms with Crippen molar-refractivity contribution in [1.82, 2.24) is 9.55 Å². The molecule has 0 saturated heterocycles. The van der Waals surface area contributed by atoms with E-state index in [1.807, 2.05) is 6.07 Å². The molecule has 2 aromatic rings. The van der Waals surface area contributed by atoms with Gasteiger partial charge >= 0.3 is 0 Å². The fourth-order valence-electron chi connectivity index (χ4n) is 4.13. The van der Waals surface area contributed by atoms with E-state index in [4.69, 9.17) is 5.73 Å². The molecule has 1 saturated carbocycles. The summed E-state index contributed by atoms with van der Waals surface area (Å²) in [5, 5.41) is 9.67. The molecule has 0 radical (unpaired) electrons. The van der Waals surface area contributed by atoms with Crippen LogP contribution in [0.1, 0.15) is 50.1 Å². The van der Waals surface area contributed by atoms with Gasteiger partial charge in [0.2, 0.25) is 0 Å². The average molecular weight is 315 g/mol. The Balaban J connectivity index is 1.58. The van der Waals surface area contributed by atoms with Crippen LogP contribution in [-0.4, -0.2) is 26.3 Å². The molecule has 23 heavy (non-hydrogen) atoms. The van der Waals surface area contributed by atoms with E-state index in [1.54, 1.807) is 18.6 Å². The van der Waals surface area contributed by atoms with E-state index in [1.165, 1.54) is 6.07 Å². The summed E-state index contributed by atoms with van der Waals surface area (Å²) in [5.74, 6) is -0.152. The molecule has 1 aliphatic heterocycles. The van der Waals surface area contributed by atoms with Crippen molar-refractivity contribution in [3.8, 4) is 11.3 Å². The summed E-state index contributed by atoms with van der Waals surface area (Å²) in [6.07, 6.45) is 8.20. The van der Waals surface area contributed by atoms with Gasteiger partial charge in [-0.25, -0.2) is 9.37 Å². The van der Waals surface area contributed by atoms with Crippen molar-refractivity contribution in [2.75, 3.05) is 0 Å². The number of fused-ring (bicyclic) bond motifs is 3. The Kier molecular flexibility index (Phi) is 3.50. The molecule has 3 N–H and O–H groups in total. The zero-order valence-corrected chi connectivity index (χ0v) is 13.1. The first-order valence-electron chi connectivity index (χ1n) is 8.35. The largest absolute Gasteiger partial charge is 0.393 e. The highest BCUT2D eigenvalue weighted by atomic mass is 19.1. The Morgan fingerprint density at radius 1 is 1.35 bits per heavy atom.